The number of anilines is 2. The van der Waals surface area contributed by atoms with E-state index >= 15 is 0 Å². The minimum Gasteiger partial charge on any atom is -0.345 e. The van der Waals surface area contributed by atoms with Gasteiger partial charge in [-0.3, -0.25) is 0 Å². The molecule has 5 nitrogen and oxygen atoms in total. The minimum atomic E-state index is -4.57. The second-order valence-electron chi connectivity index (χ2n) is 3.63. The van der Waals surface area contributed by atoms with E-state index in [1.54, 1.807) is 5.32 Å². The van der Waals surface area contributed by atoms with Crippen LogP contribution in [0.2, 0.25) is 5.28 Å². The third-order valence-electron chi connectivity index (χ3n) is 1.89. The first-order chi connectivity index (χ1) is 8.97. The molecule has 0 amide bonds. The van der Waals surface area contributed by atoms with Crippen LogP contribution in [0.25, 0.3) is 0 Å². The van der Waals surface area contributed by atoms with Gasteiger partial charge in [0.2, 0.25) is 17.2 Å². The number of halogens is 7. The Kier molecular flexibility index (Phi) is 6.80. The summed E-state index contributed by atoms with van der Waals surface area (Å²) in [5.74, 6) is -1.17. The van der Waals surface area contributed by atoms with E-state index in [0.717, 1.165) is 6.92 Å². The molecule has 0 bridgehead atoms. The monoisotopic (exact) mass is 357 g/mol. The van der Waals surface area contributed by atoms with Crippen molar-refractivity contribution in [1.29, 1.82) is 0 Å². The highest BCUT2D eigenvalue weighted by Crippen LogP contribution is 2.23. The Labute approximate surface area is 127 Å². The van der Waals surface area contributed by atoms with Crippen molar-refractivity contribution in [2.45, 2.75) is 25.3 Å². The average Bonchev–Trinajstić information content (AvgIpc) is 2.23. The largest absolute Gasteiger partial charge is 0.408 e. The summed E-state index contributed by atoms with van der Waals surface area (Å²) in [6.45, 7) is -0.665. The zero-order chi connectivity index (χ0) is 15.6. The molecule has 0 saturated carbocycles. The normalized spacial score (nSPS) is 13.3. The van der Waals surface area contributed by atoms with E-state index in [1.807, 2.05) is 5.32 Å². The molecule has 0 aliphatic heterocycles. The van der Waals surface area contributed by atoms with Gasteiger partial charge >= 0.3 is 12.4 Å². The smallest absolute Gasteiger partial charge is 0.345 e. The summed E-state index contributed by atoms with van der Waals surface area (Å²) < 4.78 is 72.9. The summed E-state index contributed by atoms with van der Waals surface area (Å²) in [7, 11) is 0. The Balaban J connectivity index is 0.00000400. The van der Waals surface area contributed by atoms with Gasteiger partial charge in [0.15, 0.2) is 0 Å². The quantitative estimate of drug-likeness (QED) is 0.811. The zero-order valence-electron chi connectivity index (χ0n) is 10.3. The molecule has 21 heavy (non-hydrogen) atoms. The van der Waals surface area contributed by atoms with Crippen LogP contribution in [-0.2, 0) is 0 Å². The fourth-order valence-electron chi connectivity index (χ4n) is 0.948. The van der Waals surface area contributed by atoms with Gasteiger partial charge in [-0.25, -0.2) is 0 Å². The molecule has 2 N–H and O–H groups in total. The SMILES string of the molecule is C[C@H](Nc1nc(Cl)nc(NCC(F)(F)F)n1)C(F)(F)F.S. The van der Waals surface area contributed by atoms with E-state index in [0.29, 0.717) is 0 Å². The van der Waals surface area contributed by atoms with E-state index in [1.165, 1.54) is 0 Å². The lowest BCUT2D eigenvalue weighted by atomic mass is 10.3. The molecule has 0 fully saturated rings. The molecule has 0 aliphatic rings. The van der Waals surface area contributed by atoms with Gasteiger partial charge in [-0.2, -0.15) is 54.8 Å². The minimum absolute atomic E-state index is 0. The van der Waals surface area contributed by atoms with Crippen molar-refractivity contribution in [3.8, 4) is 0 Å². The van der Waals surface area contributed by atoms with Crippen molar-refractivity contribution in [3.05, 3.63) is 5.28 Å². The Hall–Kier alpha value is -1.17. The van der Waals surface area contributed by atoms with Crippen molar-refractivity contribution >= 4 is 37.0 Å². The van der Waals surface area contributed by atoms with Gasteiger partial charge in [0.05, 0.1) is 0 Å². The predicted octanol–water partition coefficient (Wildman–Crippen LogP) is 2.97. The van der Waals surface area contributed by atoms with Crippen LogP contribution >= 0.6 is 25.1 Å². The highest BCUT2D eigenvalue weighted by molar-refractivity contribution is 7.59. The summed E-state index contributed by atoms with van der Waals surface area (Å²) in [6, 6.07) is -2.00. The first-order valence-corrected chi connectivity index (χ1v) is 5.40. The molecule has 0 unspecified atom stereocenters. The maximum absolute atomic E-state index is 12.3. The maximum Gasteiger partial charge on any atom is 0.408 e. The summed E-state index contributed by atoms with van der Waals surface area (Å²) in [5.41, 5.74) is 0. The molecule has 0 spiro atoms. The molecule has 0 aliphatic carbocycles. The molecule has 13 heteroatoms. The van der Waals surface area contributed by atoms with Gasteiger partial charge in [0.25, 0.3) is 0 Å². The molecule has 1 aromatic heterocycles. The molecule has 0 aromatic carbocycles. The summed E-state index contributed by atoms with van der Waals surface area (Å²) in [4.78, 5) is 10.0. The number of hydrogen-bond acceptors (Lipinski definition) is 5. The number of nitrogens with one attached hydrogen (secondary N) is 2. The third kappa shape index (κ3) is 7.41. The fraction of sp³-hybridized carbons (Fsp3) is 0.625. The lowest BCUT2D eigenvalue weighted by Gasteiger charge is -2.17. The molecule has 1 rings (SSSR count). The van der Waals surface area contributed by atoms with E-state index in [4.69, 9.17) is 11.6 Å². The summed E-state index contributed by atoms with van der Waals surface area (Å²) in [5, 5.41) is 3.11. The number of nitrogens with zero attached hydrogens (tertiary/aromatic N) is 3. The molecular weight excluding hydrogens is 348 g/mol. The van der Waals surface area contributed by atoms with Gasteiger partial charge in [-0.1, -0.05) is 0 Å². The van der Waals surface area contributed by atoms with E-state index in [9.17, 15) is 26.3 Å². The number of hydrogen-bond donors (Lipinski definition) is 2. The average molecular weight is 358 g/mol. The molecule has 122 valence electrons. The Morgan fingerprint density at radius 2 is 1.57 bits per heavy atom. The van der Waals surface area contributed by atoms with Crippen molar-refractivity contribution in [1.82, 2.24) is 15.0 Å². The Morgan fingerprint density at radius 1 is 1.05 bits per heavy atom. The molecule has 0 radical (unpaired) electrons. The van der Waals surface area contributed by atoms with E-state index in [-0.39, 0.29) is 13.5 Å². The molecular formula is C8H10ClF6N5S. The Morgan fingerprint density at radius 3 is 2.05 bits per heavy atom. The summed E-state index contributed by atoms with van der Waals surface area (Å²) >= 11 is 5.39. The second kappa shape index (κ2) is 7.20. The molecule has 1 aromatic rings. The second-order valence-corrected chi connectivity index (χ2v) is 3.97. The van der Waals surface area contributed by atoms with Crippen molar-refractivity contribution < 1.29 is 26.3 Å². The third-order valence-corrected chi connectivity index (χ3v) is 2.06. The van der Waals surface area contributed by atoms with Gasteiger partial charge in [-0.05, 0) is 18.5 Å². The lowest BCUT2D eigenvalue weighted by Crippen LogP contribution is -2.34. The van der Waals surface area contributed by atoms with Crippen LogP contribution < -0.4 is 10.6 Å². The van der Waals surface area contributed by atoms with Gasteiger partial charge in [-0.15, -0.1) is 0 Å². The van der Waals surface area contributed by atoms with Crippen molar-refractivity contribution in [2.24, 2.45) is 0 Å². The van der Waals surface area contributed by atoms with Crippen molar-refractivity contribution in [2.75, 3.05) is 17.2 Å². The fourth-order valence-corrected chi connectivity index (χ4v) is 1.11. The molecule has 1 atom stereocenters. The van der Waals surface area contributed by atoms with Crippen LogP contribution in [-0.4, -0.2) is 39.9 Å². The van der Waals surface area contributed by atoms with Gasteiger partial charge in [0.1, 0.15) is 12.6 Å². The van der Waals surface area contributed by atoms with Crippen LogP contribution in [0, 0.1) is 0 Å². The van der Waals surface area contributed by atoms with Gasteiger partial charge in [0, 0.05) is 0 Å². The summed E-state index contributed by atoms with van der Waals surface area (Å²) in [6.07, 6.45) is -9.11. The Bertz CT molecular complexity index is 467. The first-order valence-electron chi connectivity index (χ1n) is 5.03. The molecule has 1 heterocycles. The van der Waals surface area contributed by atoms with Crippen LogP contribution in [0.3, 0.4) is 0 Å². The number of rotatable bonds is 4. The highest BCUT2D eigenvalue weighted by Gasteiger charge is 2.36. The van der Waals surface area contributed by atoms with Crippen LogP contribution in [0.5, 0.6) is 0 Å². The van der Waals surface area contributed by atoms with E-state index in [2.05, 4.69) is 15.0 Å². The number of aromatic nitrogens is 3. The van der Waals surface area contributed by atoms with E-state index < -0.39 is 42.1 Å². The first kappa shape index (κ1) is 19.8. The molecule has 0 saturated heterocycles. The van der Waals surface area contributed by atoms with Crippen LogP contribution in [0.1, 0.15) is 6.92 Å². The van der Waals surface area contributed by atoms with Crippen LogP contribution in [0.4, 0.5) is 38.2 Å². The van der Waals surface area contributed by atoms with Gasteiger partial charge < -0.3 is 10.6 Å². The topological polar surface area (TPSA) is 62.7 Å². The highest BCUT2D eigenvalue weighted by atomic mass is 35.5. The standard InChI is InChI=1S/C8H8ClF6N5.H2S/c1-3(8(13,14)15)17-6-19-4(9)18-5(20-6)16-2-7(10,11)12;/h3H,2H2,1H3,(H2,16,17,18,19,20);1H2/t3-;/m0./s1. The van der Waals surface area contributed by atoms with Crippen molar-refractivity contribution in [3.63, 3.8) is 0 Å². The lowest BCUT2D eigenvalue weighted by molar-refractivity contribution is -0.138. The maximum atomic E-state index is 12.3. The number of alkyl halides is 6. The van der Waals surface area contributed by atoms with Crippen LogP contribution in [0.15, 0.2) is 0 Å². The zero-order valence-corrected chi connectivity index (χ0v) is 12.0. The predicted molar refractivity (Wildman–Crippen MR) is 68.9 cm³/mol.